The van der Waals surface area contributed by atoms with Crippen molar-refractivity contribution in [2.24, 2.45) is 0 Å². The zero-order valence-electron chi connectivity index (χ0n) is 5.83. The SMILES string of the molecule is [B]c1nc(Br)cn2c(F)cnc12. The molecule has 0 saturated carbocycles. The third-order valence-corrected chi connectivity index (χ3v) is 1.83. The van der Waals surface area contributed by atoms with E-state index in [1.54, 1.807) is 0 Å². The maximum atomic E-state index is 12.9. The van der Waals surface area contributed by atoms with Gasteiger partial charge in [0.2, 0.25) is 5.95 Å². The number of hydrogen-bond acceptors (Lipinski definition) is 2. The van der Waals surface area contributed by atoms with E-state index in [0.717, 1.165) is 6.20 Å². The highest BCUT2D eigenvalue weighted by atomic mass is 79.9. The predicted molar refractivity (Wildman–Crippen MR) is 46.0 cm³/mol. The molecule has 0 N–H and O–H groups in total. The Morgan fingerprint density at radius 2 is 2.33 bits per heavy atom. The Morgan fingerprint density at radius 3 is 3.08 bits per heavy atom. The van der Waals surface area contributed by atoms with Gasteiger partial charge in [0, 0.05) is 11.8 Å². The first-order valence-electron chi connectivity index (χ1n) is 3.13. The van der Waals surface area contributed by atoms with E-state index in [1.165, 1.54) is 10.6 Å². The summed E-state index contributed by atoms with van der Waals surface area (Å²) in [6.07, 6.45) is 2.56. The lowest BCUT2D eigenvalue weighted by atomic mass is 10.1. The molecule has 0 amide bonds. The molecular weight excluding hydrogens is 224 g/mol. The number of hydrogen-bond donors (Lipinski definition) is 0. The molecule has 2 aromatic heterocycles. The first-order chi connectivity index (χ1) is 5.68. The third kappa shape index (κ3) is 1.03. The Balaban J connectivity index is 2.92. The quantitative estimate of drug-likeness (QED) is 0.609. The van der Waals surface area contributed by atoms with Crippen LogP contribution >= 0.6 is 15.9 Å². The highest BCUT2D eigenvalue weighted by Crippen LogP contribution is 2.07. The van der Waals surface area contributed by atoms with E-state index in [1.807, 2.05) is 0 Å². The molecule has 6 heteroatoms. The Bertz CT molecular complexity index is 442. The number of imidazole rings is 1. The number of nitrogens with zero attached hydrogens (tertiary/aromatic N) is 3. The Kier molecular flexibility index (Phi) is 1.64. The molecule has 0 saturated heterocycles. The number of fused-ring (bicyclic) bond motifs is 1. The zero-order valence-corrected chi connectivity index (χ0v) is 7.42. The number of rotatable bonds is 0. The maximum absolute atomic E-state index is 12.9. The molecule has 0 aliphatic rings. The van der Waals surface area contributed by atoms with E-state index in [0.29, 0.717) is 10.3 Å². The van der Waals surface area contributed by atoms with Crippen molar-refractivity contribution in [2.75, 3.05) is 0 Å². The van der Waals surface area contributed by atoms with Crippen LogP contribution in [0, 0.1) is 5.95 Å². The molecule has 2 aromatic rings. The van der Waals surface area contributed by atoms with Gasteiger partial charge in [0.1, 0.15) is 18.1 Å². The molecule has 12 heavy (non-hydrogen) atoms. The molecule has 3 nitrogen and oxygen atoms in total. The van der Waals surface area contributed by atoms with Gasteiger partial charge in [0.25, 0.3) is 0 Å². The van der Waals surface area contributed by atoms with Gasteiger partial charge in [-0.2, -0.15) is 4.39 Å². The van der Waals surface area contributed by atoms with Gasteiger partial charge in [-0.15, -0.1) is 0 Å². The Morgan fingerprint density at radius 1 is 1.58 bits per heavy atom. The molecule has 0 atom stereocenters. The van der Waals surface area contributed by atoms with Crippen LogP contribution in [0.1, 0.15) is 0 Å². The molecule has 0 bridgehead atoms. The van der Waals surface area contributed by atoms with E-state index >= 15 is 0 Å². The van der Waals surface area contributed by atoms with Crippen LogP contribution in [0.4, 0.5) is 4.39 Å². The van der Waals surface area contributed by atoms with Crippen molar-refractivity contribution in [3.63, 3.8) is 0 Å². The van der Waals surface area contributed by atoms with Gasteiger partial charge in [0.15, 0.2) is 0 Å². The monoisotopic (exact) mass is 225 g/mol. The van der Waals surface area contributed by atoms with Crippen molar-refractivity contribution in [1.82, 2.24) is 14.4 Å². The molecule has 2 radical (unpaired) electrons. The second-order valence-electron chi connectivity index (χ2n) is 2.22. The summed E-state index contributed by atoms with van der Waals surface area (Å²) in [5.74, 6) is -0.459. The molecule has 0 unspecified atom stereocenters. The maximum Gasteiger partial charge on any atom is 0.218 e. The van der Waals surface area contributed by atoms with Gasteiger partial charge in [-0.3, -0.25) is 9.38 Å². The van der Waals surface area contributed by atoms with Crippen LogP contribution in [-0.4, -0.2) is 22.2 Å². The lowest BCUT2D eigenvalue weighted by Crippen LogP contribution is -2.13. The summed E-state index contributed by atoms with van der Waals surface area (Å²) in [7, 11) is 5.48. The van der Waals surface area contributed by atoms with Gasteiger partial charge < -0.3 is 0 Å². The summed E-state index contributed by atoms with van der Waals surface area (Å²) in [6, 6.07) is 0. The highest BCUT2D eigenvalue weighted by molar-refractivity contribution is 9.10. The van der Waals surface area contributed by atoms with E-state index in [4.69, 9.17) is 7.85 Å². The molecule has 0 fully saturated rings. The minimum absolute atomic E-state index is 0.202. The van der Waals surface area contributed by atoms with Crippen LogP contribution in [-0.2, 0) is 0 Å². The standard InChI is InChI=1S/C6H2BBrFN3/c7-5-6-10-1-4(9)12(6)2-3(8)11-5/h1-2H. The van der Waals surface area contributed by atoms with Crippen molar-refractivity contribution < 1.29 is 4.39 Å². The van der Waals surface area contributed by atoms with Gasteiger partial charge in [-0.05, 0) is 15.9 Å². The number of halogens is 2. The minimum atomic E-state index is -0.459. The third-order valence-electron chi connectivity index (χ3n) is 1.44. The van der Waals surface area contributed by atoms with E-state index in [2.05, 4.69) is 25.9 Å². The van der Waals surface area contributed by atoms with E-state index in [-0.39, 0.29) is 5.59 Å². The van der Waals surface area contributed by atoms with Crippen LogP contribution < -0.4 is 5.59 Å². The Hall–Kier alpha value is -0.905. The summed E-state index contributed by atoms with van der Waals surface area (Å²) in [6.45, 7) is 0. The largest absolute Gasteiger partial charge is 0.273 e. The molecule has 0 aliphatic carbocycles. The second-order valence-corrected chi connectivity index (χ2v) is 3.04. The lowest BCUT2D eigenvalue weighted by molar-refractivity contribution is 0.572. The Labute approximate surface area is 77.2 Å². The fraction of sp³-hybridized carbons (Fsp3) is 0. The number of aromatic nitrogens is 3. The van der Waals surface area contributed by atoms with Crippen molar-refractivity contribution in [3.8, 4) is 0 Å². The van der Waals surface area contributed by atoms with Crippen LogP contribution in [0.3, 0.4) is 0 Å². The molecular formula is C6H2BBrFN3. The molecule has 0 aliphatic heterocycles. The first kappa shape index (κ1) is 7.73. The molecule has 2 heterocycles. The first-order valence-corrected chi connectivity index (χ1v) is 3.92. The summed E-state index contributed by atoms with van der Waals surface area (Å²) in [5, 5.41) is 0. The average Bonchev–Trinajstić information content (AvgIpc) is 2.33. The summed E-state index contributed by atoms with van der Waals surface area (Å²) >= 11 is 3.10. The molecule has 0 spiro atoms. The normalized spacial score (nSPS) is 10.8. The predicted octanol–water partition coefficient (Wildman–Crippen LogP) is 0.425. The topological polar surface area (TPSA) is 30.2 Å². The minimum Gasteiger partial charge on any atom is -0.273 e. The smallest absolute Gasteiger partial charge is 0.218 e. The van der Waals surface area contributed by atoms with Crippen LogP contribution in [0.15, 0.2) is 17.0 Å². The second kappa shape index (κ2) is 2.55. The van der Waals surface area contributed by atoms with Crippen molar-refractivity contribution >= 4 is 35.0 Å². The fourth-order valence-corrected chi connectivity index (χ4v) is 1.35. The average molecular weight is 226 g/mol. The van der Waals surface area contributed by atoms with Crippen molar-refractivity contribution in [1.29, 1.82) is 0 Å². The van der Waals surface area contributed by atoms with E-state index < -0.39 is 5.95 Å². The summed E-state index contributed by atoms with van der Waals surface area (Å²) < 4.78 is 14.6. The zero-order chi connectivity index (χ0) is 8.72. The van der Waals surface area contributed by atoms with Gasteiger partial charge >= 0.3 is 0 Å². The van der Waals surface area contributed by atoms with Gasteiger partial charge in [-0.1, -0.05) is 0 Å². The van der Waals surface area contributed by atoms with Gasteiger partial charge in [0.05, 0.1) is 6.20 Å². The lowest BCUT2D eigenvalue weighted by Gasteiger charge is -1.98. The summed E-state index contributed by atoms with van der Waals surface area (Å²) in [5.41, 5.74) is 0.531. The van der Waals surface area contributed by atoms with Crippen LogP contribution in [0.2, 0.25) is 0 Å². The van der Waals surface area contributed by atoms with Gasteiger partial charge in [-0.25, -0.2) is 4.98 Å². The molecule has 58 valence electrons. The van der Waals surface area contributed by atoms with Crippen molar-refractivity contribution in [3.05, 3.63) is 22.9 Å². The summed E-state index contributed by atoms with van der Waals surface area (Å²) in [4.78, 5) is 7.60. The highest BCUT2D eigenvalue weighted by Gasteiger charge is 2.05. The molecule has 0 aromatic carbocycles. The van der Waals surface area contributed by atoms with Crippen LogP contribution in [0.25, 0.3) is 5.65 Å². The molecule has 2 rings (SSSR count). The van der Waals surface area contributed by atoms with Crippen molar-refractivity contribution in [2.45, 2.75) is 0 Å². The van der Waals surface area contributed by atoms with E-state index in [9.17, 15) is 4.39 Å². The van der Waals surface area contributed by atoms with Crippen LogP contribution in [0.5, 0.6) is 0 Å². The fourth-order valence-electron chi connectivity index (χ4n) is 0.953.